The van der Waals surface area contributed by atoms with Crippen LogP contribution in [0, 0.1) is 0 Å². The van der Waals surface area contributed by atoms with Crippen LogP contribution in [0.2, 0.25) is 0 Å². The SMILES string of the molecule is CC(=O)N[C@H]1[C@H]([C@H](O)[C@H](O)CO)OC(OC(C)=O)(C(=O)O)C[C@@H]1O. The van der Waals surface area contributed by atoms with Crippen LogP contribution in [0.4, 0.5) is 0 Å². The first-order chi connectivity index (χ1) is 11.0. The molecule has 0 saturated carbocycles. The Kier molecular flexibility index (Phi) is 6.63. The molecular weight excluding hydrogens is 330 g/mol. The third-order valence-corrected chi connectivity index (χ3v) is 3.50. The van der Waals surface area contributed by atoms with E-state index in [0.29, 0.717) is 0 Å². The third-order valence-electron chi connectivity index (χ3n) is 3.50. The molecule has 1 amide bonds. The van der Waals surface area contributed by atoms with Crippen molar-refractivity contribution in [1.82, 2.24) is 5.32 Å². The summed E-state index contributed by atoms with van der Waals surface area (Å²) in [5.74, 6) is -5.98. The Morgan fingerprint density at radius 1 is 1.33 bits per heavy atom. The minimum Gasteiger partial charge on any atom is -0.476 e. The van der Waals surface area contributed by atoms with Gasteiger partial charge >= 0.3 is 17.7 Å². The number of esters is 1. The zero-order valence-corrected chi connectivity index (χ0v) is 13.1. The molecule has 0 aromatic heterocycles. The Morgan fingerprint density at radius 2 is 1.92 bits per heavy atom. The van der Waals surface area contributed by atoms with Crippen LogP contribution in [0.1, 0.15) is 20.3 Å². The predicted octanol–water partition coefficient (Wildman–Crippen LogP) is -3.30. The lowest BCUT2D eigenvalue weighted by Crippen LogP contribution is -2.68. The van der Waals surface area contributed by atoms with Crippen molar-refractivity contribution in [2.24, 2.45) is 0 Å². The van der Waals surface area contributed by atoms with E-state index < -0.39 is 67.1 Å². The van der Waals surface area contributed by atoms with Gasteiger partial charge in [-0.1, -0.05) is 0 Å². The number of rotatable bonds is 6. The summed E-state index contributed by atoms with van der Waals surface area (Å²) >= 11 is 0. The van der Waals surface area contributed by atoms with Gasteiger partial charge < -0.3 is 40.3 Å². The molecule has 24 heavy (non-hydrogen) atoms. The first-order valence-electron chi connectivity index (χ1n) is 7.07. The van der Waals surface area contributed by atoms with E-state index in [9.17, 15) is 34.8 Å². The van der Waals surface area contributed by atoms with Crippen molar-refractivity contribution in [3.63, 3.8) is 0 Å². The lowest BCUT2D eigenvalue weighted by molar-refractivity contribution is -0.300. The van der Waals surface area contributed by atoms with Crippen molar-refractivity contribution in [2.75, 3.05) is 6.61 Å². The maximum absolute atomic E-state index is 11.5. The average molecular weight is 351 g/mol. The van der Waals surface area contributed by atoms with Crippen LogP contribution >= 0.6 is 0 Å². The van der Waals surface area contributed by atoms with Gasteiger partial charge in [-0.05, 0) is 0 Å². The van der Waals surface area contributed by atoms with Gasteiger partial charge in [-0.15, -0.1) is 0 Å². The molecule has 1 heterocycles. The molecule has 1 unspecified atom stereocenters. The number of nitrogens with one attached hydrogen (secondary N) is 1. The van der Waals surface area contributed by atoms with Gasteiger partial charge in [0, 0.05) is 13.8 Å². The highest BCUT2D eigenvalue weighted by atomic mass is 16.7. The van der Waals surface area contributed by atoms with Gasteiger partial charge in [-0.3, -0.25) is 9.59 Å². The number of carbonyl (C=O) groups is 3. The lowest BCUT2D eigenvalue weighted by atomic mass is 9.88. The fraction of sp³-hybridized carbons (Fsp3) is 0.769. The molecule has 0 radical (unpaired) electrons. The normalized spacial score (nSPS) is 32.5. The third kappa shape index (κ3) is 4.39. The van der Waals surface area contributed by atoms with E-state index in [-0.39, 0.29) is 0 Å². The molecule has 0 spiro atoms. The van der Waals surface area contributed by atoms with Gasteiger partial charge in [0.25, 0.3) is 0 Å². The largest absolute Gasteiger partial charge is 0.476 e. The fourth-order valence-electron chi connectivity index (χ4n) is 2.46. The lowest BCUT2D eigenvalue weighted by Gasteiger charge is -2.45. The van der Waals surface area contributed by atoms with E-state index in [2.05, 4.69) is 10.1 Å². The van der Waals surface area contributed by atoms with E-state index >= 15 is 0 Å². The summed E-state index contributed by atoms with van der Waals surface area (Å²) in [5, 5.41) is 50.4. The molecule has 1 fully saturated rings. The fourth-order valence-corrected chi connectivity index (χ4v) is 2.46. The van der Waals surface area contributed by atoms with Crippen molar-refractivity contribution in [3.8, 4) is 0 Å². The summed E-state index contributed by atoms with van der Waals surface area (Å²) in [7, 11) is 0. The molecule has 1 aliphatic rings. The number of carbonyl (C=O) groups excluding carboxylic acids is 2. The van der Waals surface area contributed by atoms with Gasteiger partial charge in [0.1, 0.15) is 18.3 Å². The molecule has 11 heteroatoms. The molecular formula is C13H21NO10. The Labute approximate surface area is 136 Å². The zero-order valence-electron chi connectivity index (χ0n) is 13.1. The number of amides is 1. The minimum absolute atomic E-state index is 0.617. The molecule has 0 bridgehead atoms. The highest BCUT2D eigenvalue weighted by Crippen LogP contribution is 2.33. The van der Waals surface area contributed by atoms with E-state index in [4.69, 9.17) is 9.84 Å². The van der Waals surface area contributed by atoms with Gasteiger partial charge in [-0.25, -0.2) is 4.79 Å². The Hall–Kier alpha value is -1.79. The first kappa shape index (κ1) is 20.3. The minimum atomic E-state index is -2.61. The van der Waals surface area contributed by atoms with Crippen molar-refractivity contribution in [3.05, 3.63) is 0 Å². The van der Waals surface area contributed by atoms with Crippen molar-refractivity contribution >= 4 is 17.8 Å². The summed E-state index contributed by atoms with van der Waals surface area (Å²) in [6.07, 6.45) is -7.60. The molecule has 6 atom stereocenters. The number of ether oxygens (including phenoxy) is 2. The van der Waals surface area contributed by atoms with Crippen LogP contribution in [0.3, 0.4) is 0 Å². The molecule has 1 rings (SSSR count). The van der Waals surface area contributed by atoms with Crippen molar-refractivity contribution < 1.29 is 49.4 Å². The van der Waals surface area contributed by atoms with E-state index in [1.54, 1.807) is 0 Å². The number of hydrogen-bond acceptors (Lipinski definition) is 9. The second-order valence-electron chi connectivity index (χ2n) is 5.47. The number of aliphatic hydroxyl groups is 4. The first-order valence-corrected chi connectivity index (χ1v) is 7.07. The average Bonchev–Trinajstić information content (AvgIpc) is 2.47. The predicted molar refractivity (Wildman–Crippen MR) is 74.3 cm³/mol. The van der Waals surface area contributed by atoms with Crippen LogP contribution in [0.5, 0.6) is 0 Å². The van der Waals surface area contributed by atoms with Crippen molar-refractivity contribution in [1.29, 1.82) is 0 Å². The molecule has 0 aromatic rings. The van der Waals surface area contributed by atoms with Gasteiger partial charge in [0.2, 0.25) is 5.91 Å². The number of aliphatic carboxylic acids is 1. The van der Waals surface area contributed by atoms with Gasteiger partial charge in [0.05, 0.1) is 25.2 Å². The van der Waals surface area contributed by atoms with E-state index in [1.807, 2.05) is 0 Å². The Bertz CT molecular complexity index is 497. The maximum atomic E-state index is 11.5. The Balaban J connectivity index is 3.24. The molecule has 11 nitrogen and oxygen atoms in total. The molecule has 1 saturated heterocycles. The van der Waals surface area contributed by atoms with E-state index in [0.717, 1.165) is 13.8 Å². The topological polar surface area (TPSA) is 183 Å². The molecule has 1 aliphatic heterocycles. The molecule has 0 aliphatic carbocycles. The van der Waals surface area contributed by atoms with Crippen LogP contribution in [0.15, 0.2) is 0 Å². The van der Waals surface area contributed by atoms with Crippen molar-refractivity contribution in [2.45, 2.75) is 56.5 Å². The quantitative estimate of drug-likeness (QED) is 0.265. The second kappa shape index (κ2) is 7.85. The molecule has 0 aromatic carbocycles. The second-order valence-corrected chi connectivity index (χ2v) is 5.47. The molecule has 138 valence electrons. The smallest absolute Gasteiger partial charge is 0.377 e. The monoisotopic (exact) mass is 351 g/mol. The van der Waals surface area contributed by atoms with Crippen LogP contribution < -0.4 is 5.32 Å². The summed E-state index contributed by atoms with van der Waals surface area (Å²) in [4.78, 5) is 34.0. The highest BCUT2D eigenvalue weighted by Gasteiger charge is 2.57. The summed E-state index contributed by atoms with van der Waals surface area (Å²) in [6.45, 7) is 1.15. The standard InChI is InChI=1S/C13H21NO10/c1-5(16)14-9-7(18)3-13(12(21)22,23-6(2)17)24-11(9)10(20)8(19)4-15/h7-11,15,18-20H,3-4H2,1-2H3,(H,14,16)(H,21,22)/t7-,8+,9+,10+,11+,13?/m0/s1. The summed E-state index contributed by atoms with van der Waals surface area (Å²) in [6, 6.07) is -1.30. The number of hydrogen-bond donors (Lipinski definition) is 6. The van der Waals surface area contributed by atoms with Gasteiger partial charge in [-0.2, -0.15) is 0 Å². The number of carboxylic acids is 1. The summed E-state index contributed by atoms with van der Waals surface area (Å²) in [5.41, 5.74) is 0. The highest BCUT2D eigenvalue weighted by molar-refractivity contribution is 5.80. The number of aliphatic hydroxyl groups excluding tert-OH is 4. The summed E-state index contributed by atoms with van der Waals surface area (Å²) < 4.78 is 9.85. The maximum Gasteiger partial charge on any atom is 0.377 e. The van der Waals surface area contributed by atoms with Crippen LogP contribution in [-0.4, -0.2) is 86.2 Å². The van der Waals surface area contributed by atoms with E-state index in [1.165, 1.54) is 0 Å². The van der Waals surface area contributed by atoms with Crippen LogP contribution in [-0.2, 0) is 23.9 Å². The van der Waals surface area contributed by atoms with Crippen LogP contribution in [0.25, 0.3) is 0 Å². The van der Waals surface area contributed by atoms with Gasteiger partial charge in [0.15, 0.2) is 0 Å². The molecule has 6 N–H and O–H groups in total. The Morgan fingerprint density at radius 3 is 2.33 bits per heavy atom. The zero-order chi connectivity index (χ0) is 18.7. The number of carboxylic acid groups (broad SMARTS) is 1.